The highest BCUT2D eigenvalue weighted by molar-refractivity contribution is 5.92. The van der Waals surface area contributed by atoms with Crippen LogP contribution in [0.4, 0.5) is 0 Å². The number of piperidine rings is 1. The molecule has 21 heavy (non-hydrogen) atoms. The van der Waals surface area contributed by atoms with E-state index < -0.39 is 0 Å². The Kier molecular flexibility index (Phi) is 2.94. The number of amides is 1. The van der Waals surface area contributed by atoms with Crippen LogP contribution in [0, 0.1) is 0 Å². The Morgan fingerprint density at radius 2 is 1.86 bits per heavy atom. The Bertz CT molecular complexity index is 613. The lowest BCUT2D eigenvalue weighted by Gasteiger charge is -2.39. The van der Waals surface area contributed by atoms with Crippen molar-refractivity contribution in [1.82, 2.24) is 24.4 Å². The summed E-state index contributed by atoms with van der Waals surface area (Å²) in [4.78, 5) is 27.0. The molecule has 2 atom stereocenters. The highest BCUT2D eigenvalue weighted by Gasteiger charge is 2.44. The minimum Gasteiger partial charge on any atom is -0.334 e. The van der Waals surface area contributed by atoms with E-state index in [1.165, 1.54) is 0 Å². The quantitative estimate of drug-likeness (QED) is 0.841. The van der Waals surface area contributed by atoms with Crippen molar-refractivity contribution in [2.75, 3.05) is 0 Å². The van der Waals surface area contributed by atoms with Crippen molar-refractivity contribution in [2.45, 2.75) is 43.8 Å². The zero-order valence-electron chi connectivity index (χ0n) is 11.7. The maximum Gasteiger partial charge on any atom is 0.274 e. The molecular formula is C15H17N5O. The molecule has 6 heteroatoms. The molecule has 1 amide bonds. The number of hydrogen-bond acceptors (Lipinski definition) is 4. The van der Waals surface area contributed by atoms with Crippen LogP contribution < -0.4 is 0 Å². The second kappa shape index (κ2) is 4.95. The van der Waals surface area contributed by atoms with Gasteiger partial charge in [-0.2, -0.15) is 0 Å². The Hall–Kier alpha value is -2.24. The van der Waals surface area contributed by atoms with E-state index in [1.807, 2.05) is 23.6 Å². The van der Waals surface area contributed by atoms with Crippen LogP contribution in [-0.2, 0) is 0 Å². The summed E-state index contributed by atoms with van der Waals surface area (Å²) in [5.41, 5.74) is 0.454. The number of fused-ring (bicyclic) bond motifs is 2. The van der Waals surface area contributed by atoms with Gasteiger partial charge in [-0.3, -0.25) is 9.78 Å². The van der Waals surface area contributed by atoms with Crippen LogP contribution >= 0.6 is 0 Å². The fourth-order valence-electron chi connectivity index (χ4n) is 3.75. The van der Waals surface area contributed by atoms with Gasteiger partial charge in [-0.1, -0.05) is 0 Å². The standard InChI is InChI=1S/C15H17N5O/c21-15(14-9-16-3-4-18-14)20-11-1-2-12(20)8-13(7-11)19-6-5-17-10-19/h3-6,9-13H,1-2,7-8H2. The van der Waals surface area contributed by atoms with Gasteiger partial charge < -0.3 is 9.47 Å². The van der Waals surface area contributed by atoms with Gasteiger partial charge in [-0.15, -0.1) is 0 Å². The molecular weight excluding hydrogens is 266 g/mol. The van der Waals surface area contributed by atoms with Crippen molar-refractivity contribution >= 4 is 5.91 Å². The lowest BCUT2D eigenvalue weighted by Crippen LogP contribution is -2.47. The molecule has 2 aromatic rings. The third-order valence-electron chi connectivity index (χ3n) is 4.67. The van der Waals surface area contributed by atoms with Crippen LogP contribution in [0.15, 0.2) is 37.3 Å². The first kappa shape index (κ1) is 12.5. The number of hydrogen-bond donors (Lipinski definition) is 0. The zero-order valence-corrected chi connectivity index (χ0v) is 11.7. The predicted molar refractivity (Wildman–Crippen MR) is 75.5 cm³/mol. The summed E-state index contributed by atoms with van der Waals surface area (Å²) < 4.78 is 2.18. The van der Waals surface area contributed by atoms with Crippen molar-refractivity contribution in [1.29, 1.82) is 0 Å². The van der Waals surface area contributed by atoms with Gasteiger partial charge in [0, 0.05) is 42.9 Å². The van der Waals surface area contributed by atoms with E-state index in [-0.39, 0.29) is 5.91 Å². The Balaban J connectivity index is 1.56. The largest absolute Gasteiger partial charge is 0.334 e. The molecule has 0 aliphatic carbocycles. The molecule has 6 nitrogen and oxygen atoms in total. The third kappa shape index (κ3) is 2.11. The molecule has 108 valence electrons. The summed E-state index contributed by atoms with van der Waals surface area (Å²) in [6.07, 6.45) is 14.6. The molecule has 2 fully saturated rings. The summed E-state index contributed by atoms with van der Waals surface area (Å²) >= 11 is 0. The lowest BCUT2D eigenvalue weighted by atomic mass is 9.96. The van der Waals surface area contributed by atoms with Crippen molar-refractivity contribution in [3.63, 3.8) is 0 Å². The van der Waals surface area contributed by atoms with E-state index >= 15 is 0 Å². The van der Waals surface area contributed by atoms with E-state index in [9.17, 15) is 4.79 Å². The van der Waals surface area contributed by atoms with Gasteiger partial charge in [0.2, 0.25) is 0 Å². The van der Waals surface area contributed by atoms with Gasteiger partial charge in [0.1, 0.15) is 5.69 Å². The highest BCUT2D eigenvalue weighted by atomic mass is 16.2. The summed E-state index contributed by atoms with van der Waals surface area (Å²) in [6.45, 7) is 0. The zero-order chi connectivity index (χ0) is 14.2. The van der Waals surface area contributed by atoms with E-state index in [1.54, 1.807) is 18.6 Å². The fourth-order valence-corrected chi connectivity index (χ4v) is 3.75. The molecule has 2 unspecified atom stereocenters. The molecule has 2 aliphatic heterocycles. The molecule has 4 heterocycles. The van der Waals surface area contributed by atoms with Gasteiger partial charge in [-0.25, -0.2) is 9.97 Å². The van der Waals surface area contributed by atoms with Gasteiger partial charge in [0.05, 0.1) is 12.5 Å². The summed E-state index contributed by atoms with van der Waals surface area (Å²) in [5, 5.41) is 0. The third-order valence-corrected chi connectivity index (χ3v) is 4.67. The smallest absolute Gasteiger partial charge is 0.274 e. The molecule has 0 saturated carbocycles. The van der Waals surface area contributed by atoms with Crippen molar-refractivity contribution < 1.29 is 4.79 Å². The van der Waals surface area contributed by atoms with Crippen LogP contribution in [0.2, 0.25) is 0 Å². The van der Waals surface area contributed by atoms with E-state index in [2.05, 4.69) is 19.5 Å². The van der Waals surface area contributed by atoms with Gasteiger partial charge in [-0.05, 0) is 25.7 Å². The number of rotatable bonds is 2. The van der Waals surface area contributed by atoms with Crippen LogP contribution in [0.25, 0.3) is 0 Å². The maximum absolute atomic E-state index is 12.7. The van der Waals surface area contributed by atoms with E-state index in [4.69, 9.17) is 0 Å². The topological polar surface area (TPSA) is 63.9 Å². The molecule has 2 aliphatic rings. The minimum atomic E-state index is 0.0275. The molecule has 2 bridgehead atoms. The van der Waals surface area contributed by atoms with Crippen molar-refractivity contribution in [2.24, 2.45) is 0 Å². The number of aromatic nitrogens is 4. The average molecular weight is 283 g/mol. The maximum atomic E-state index is 12.7. The van der Waals surface area contributed by atoms with Crippen LogP contribution in [0.3, 0.4) is 0 Å². The summed E-state index contributed by atoms with van der Waals surface area (Å²) in [5.74, 6) is 0.0275. The number of carbonyl (C=O) groups excluding carboxylic acids is 1. The Morgan fingerprint density at radius 1 is 1.05 bits per heavy atom. The normalized spacial score (nSPS) is 27.8. The summed E-state index contributed by atoms with van der Waals surface area (Å²) in [7, 11) is 0. The summed E-state index contributed by atoms with van der Waals surface area (Å²) in [6, 6.07) is 1.08. The first-order chi connectivity index (χ1) is 10.3. The van der Waals surface area contributed by atoms with Crippen LogP contribution in [-0.4, -0.2) is 42.4 Å². The number of nitrogens with zero attached hydrogens (tertiary/aromatic N) is 5. The SMILES string of the molecule is O=C(c1cnccn1)N1C2CCC1CC(n1ccnc1)C2. The molecule has 2 saturated heterocycles. The van der Waals surface area contributed by atoms with Crippen molar-refractivity contribution in [3.8, 4) is 0 Å². The Morgan fingerprint density at radius 3 is 2.48 bits per heavy atom. The van der Waals surface area contributed by atoms with E-state index in [0.29, 0.717) is 23.8 Å². The van der Waals surface area contributed by atoms with Crippen LogP contribution in [0.5, 0.6) is 0 Å². The Labute approximate surface area is 122 Å². The van der Waals surface area contributed by atoms with Crippen molar-refractivity contribution in [3.05, 3.63) is 43.0 Å². The molecule has 0 radical (unpaired) electrons. The second-order valence-corrected chi connectivity index (χ2v) is 5.82. The van der Waals surface area contributed by atoms with Gasteiger partial charge in [0.15, 0.2) is 0 Å². The number of imidazole rings is 1. The minimum absolute atomic E-state index is 0.0275. The van der Waals surface area contributed by atoms with Crippen LogP contribution in [0.1, 0.15) is 42.2 Å². The predicted octanol–water partition coefficient (Wildman–Crippen LogP) is 1.68. The number of carbonyl (C=O) groups is 1. The molecule has 0 spiro atoms. The molecule has 0 aromatic carbocycles. The molecule has 2 aromatic heterocycles. The molecule has 4 rings (SSSR count). The molecule has 0 N–H and O–H groups in total. The fraction of sp³-hybridized carbons (Fsp3) is 0.467. The van der Waals surface area contributed by atoms with E-state index in [0.717, 1.165) is 25.7 Å². The average Bonchev–Trinajstić information content (AvgIpc) is 3.14. The highest BCUT2D eigenvalue weighted by Crippen LogP contribution is 2.41. The van der Waals surface area contributed by atoms with Gasteiger partial charge in [0.25, 0.3) is 5.91 Å². The van der Waals surface area contributed by atoms with Gasteiger partial charge >= 0.3 is 0 Å². The first-order valence-electron chi connectivity index (χ1n) is 7.39. The second-order valence-electron chi connectivity index (χ2n) is 5.82. The lowest BCUT2D eigenvalue weighted by molar-refractivity contribution is 0.0527. The first-order valence-corrected chi connectivity index (χ1v) is 7.39. The monoisotopic (exact) mass is 283 g/mol.